The molecule has 0 bridgehead atoms. The second kappa shape index (κ2) is 4.92. The van der Waals surface area contributed by atoms with E-state index in [-0.39, 0.29) is 20.5 Å². The Hall–Kier alpha value is -1.43. The standard InChI is InChI=1S/C12H10Cl2N2O2S/c13-7-1-3-12(10(16)5-7)19(17,18)11-4-2-8(15)6-9(11)14/h1-6H,15-16H2. The van der Waals surface area contributed by atoms with Gasteiger partial charge in [-0.1, -0.05) is 23.2 Å². The number of anilines is 2. The van der Waals surface area contributed by atoms with E-state index in [2.05, 4.69) is 0 Å². The van der Waals surface area contributed by atoms with Crippen LogP contribution >= 0.6 is 23.2 Å². The van der Waals surface area contributed by atoms with Gasteiger partial charge in [-0.25, -0.2) is 8.42 Å². The van der Waals surface area contributed by atoms with Crippen molar-refractivity contribution in [2.45, 2.75) is 9.79 Å². The van der Waals surface area contributed by atoms with E-state index in [0.29, 0.717) is 10.7 Å². The van der Waals surface area contributed by atoms with Gasteiger partial charge in [0.25, 0.3) is 0 Å². The first-order chi connectivity index (χ1) is 8.82. The minimum absolute atomic E-state index is 0.0384. The molecule has 0 heterocycles. The van der Waals surface area contributed by atoms with E-state index in [1.54, 1.807) is 0 Å². The third-order valence-electron chi connectivity index (χ3n) is 2.51. The molecule has 7 heteroatoms. The summed E-state index contributed by atoms with van der Waals surface area (Å²) in [6.45, 7) is 0. The van der Waals surface area contributed by atoms with Gasteiger partial charge in [-0.2, -0.15) is 0 Å². The molecule has 0 saturated carbocycles. The Balaban J connectivity index is 2.65. The molecule has 0 amide bonds. The average Bonchev–Trinajstić information content (AvgIpc) is 2.27. The van der Waals surface area contributed by atoms with Crippen LogP contribution in [0, 0.1) is 0 Å². The Kier molecular flexibility index (Phi) is 3.62. The first-order valence-electron chi connectivity index (χ1n) is 5.17. The van der Waals surface area contributed by atoms with E-state index < -0.39 is 9.84 Å². The summed E-state index contributed by atoms with van der Waals surface area (Å²) in [4.78, 5) is -0.0824. The molecule has 2 aromatic rings. The van der Waals surface area contributed by atoms with Crippen LogP contribution in [0.3, 0.4) is 0 Å². The lowest BCUT2D eigenvalue weighted by Crippen LogP contribution is -2.06. The molecule has 2 aromatic carbocycles. The lowest BCUT2D eigenvalue weighted by molar-refractivity contribution is 0.596. The number of hydrogen-bond acceptors (Lipinski definition) is 4. The lowest BCUT2D eigenvalue weighted by atomic mass is 10.3. The van der Waals surface area contributed by atoms with Crippen LogP contribution in [0.5, 0.6) is 0 Å². The first-order valence-corrected chi connectivity index (χ1v) is 7.41. The van der Waals surface area contributed by atoms with E-state index in [0.717, 1.165) is 0 Å². The van der Waals surface area contributed by atoms with Crippen molar-refractivity contribution in [3.8, 4) is 0 Å². The van der Waals surface area contributed by atoms with Crippen LogP contribution in [0.4, 0.5) is 11.4 Å². The second-order valence-corrected chi connectivity index (χ2v) is 6.61. The predicted molar refractivity (Wildman–Crippen MR) is 77.2 cm³/mol. The summed E-state index contributed by atoms with van der Waals surface area (Å²) < 4.78 is 24.9. The van der Waals surface area contributed by atoms with Gasteiger partial charge in [0.1, 0.15) is 0 Å². The molecule has 4 nitrogen and oxygen atoms in total. The van der Waals surface area contributed by atoms with Gasteiger partial charge >= 0.3 is 0 Å². The number of hydrogen-bond donors (Lipinski definition) is 2. The van der Waals surface area contributed by atoms with Crippen LogP contribution in [-0.4, -0.2) is 8.42 Å². The molecular weight excluding hydrogens is 307 g/mol. The normalized spacial score (nSPS) is 11.5. The third kappa shape index (κ3) is 2.63. The van der Waals surface area contributed by atoms with Crippen molar-refractivity contribution in [3.05, 3.63) is 46.4 Å². The first kappa shape index (κ1) is 14.0. The van der Waals surface area contributed by atoms with Crippen molar-refractivity contribution < 1.29 is 8.42 Å². The van der Waals surface area contributed by atoms with E-state index in [1.165, 1.54) is 36.4 Å². The molecule has 19 heavy (non-hydrogen) atoms. The molecule has 0 aliphatic heterocycles. The largest absolute Gasteiger partial charge is 0.399 e. The van der Waals surface area contributed by atoms with Crippen molar-refractivity contribution in [2.24, 2.45) is 0 Å². The minimum atomic E-state index is -3.80. The Morgan fingerprint density at radius 2 is 1.53 bits per heavy atom. The van der Waals surface area contributed by atoms with Gasteiger partial charge in [0.2, 0.25) is 9.84 Å². The summed E-state index contributed by atoms with van der Waals surface area (Å²) in [6.07, 6.45) is 0. The predicted octanol–water partition coefficient (Wildman–Crippen LogP) is 2.99. The molecule has 0 radical (unpaired) electrons. The zero-order chi connectivity index (χ0) is 14.2. The average molecular weight is 317 g/mol. The van der Waals surface area contributed by atoms with Crippen LogP contribution in [0.25, 0.3) is 0 Å². The second-order valence-electron chi connectivity index (χ2n) is 3.88. The number of nitrogen functional groups attached to an aromatic ring is 2. The summed E-state index contributed by atoms with van der Waals surface area (Å²) >= 11 is 11.7. The van der Waals surface area contributed by atoms with E-state index in [1.807, 2.05) is 0 Å². The molecule has 0 atom stereocenters. The number of halogens is 2. The van der Waals surface area contributed by atoms with E-state index in [9.17, 15) is 8.42 Å². The van der Waals surface area contributed by atoms with Gasteiger partial charge in [0, 0.05) is 10.7 Å². The number of rotatable bonds is 2. The molecule has 2 rings (SSSR count). The van der Waals surface area contributed by atoms with Crippen LogP contribution < -0.4 is 11.5 Å². The molecule has 0 fully saturated rings. The summed E-state index contributed by atoms with van der Waals surface area (Å²) in [7, 11) is -3.80. The highest BCUT2D eigenvalue weighted by atomic mass is 35.5. The van der Waals surface area contributed by atoms with Crippen molar-refractivity contribution in [1.29, 1.82) is 0 Å². The summed E-state index contributed by atoms with van der Waals surface area (Å²) in [5, 5.41) is 0.411. The molecule has 0 aliphatic carbocycles. The number of benzene rings is 2. The molecule has 0 aromatic heterocycles. The van der Waals surface area contributed by atoms with E-state index >= 15 is 0 Å². The Morgan fingerprint density at radius 3 is 2.11 bits per heavy atom. The molecule has 0 saturated heterocycles. The fraction of sp³-hybridized carbons (Fsp3) is 0. The van der Waals surface area contributed by atoms with Gasteiger partial charge in [-0.05, 0) is 36.4 Å². The summed E-state index contributed by atoms with van der Waals surface area (Å²) in [5.41, 5.74) is 11.7. The maximum Gasteiger partial charge on any atom is 0.210 e. The number of sulfone groups is 1. The smallest absolute Gasteiger partial charge is 0.210 e. The van der Waals surface area contributed by atoms with Crippen LogP contribution in [0.1, 0.15) is 0 Å². The van der Waals surface area contributed by atoms with Crippen molar-refractivity contribution >= 4 is 44.4 Å². The van der Waals surface area contributed by atoms with E-state index in [4.69, 9.17) is 34.7 Å². The van der Waals surface area contributed by atoms with Crippen LogP contribution in [0.2, 0.25) is 10.0 Å². The Bertz CT molecular complexity index is 688. The van der Waals surface area contributed by atoms with Crippen molar-refractivity contribution in [1.82, 2.24) is 0 Å². The lowest BCUT2D eigenvalue weighted by Gasteiger charge is -2.09. The van der Waals surface area contributed by atoms with Gasteiger partial charge in [0.15, 0.2) is 0 Å². The SMILES string of the molecule is Nc1ccc(S(=O)(=O)c2ccc(Cl)cc2N)c(Cl)c1. The van der Waals surface area contributed by atoms with Gasteiger partial charge in [-0.15, -0.1) is 0 Å². The van der Waals surface area contributed by atoms with Gasteiger partial charge < -0.3 is 11.5 Å². The molecule has 0 spiro atoms. The highest BCUT2D eigenvalue weighted by Crippen LogP contribution is 2.32. The molecule has 4 N–H and O–H groups in total. The summed E-state index contributed by atoms with van der Waals surface area (Å²) in [5.74, 6) is 0. The van der Waals surface area contributed by atoms with Crippen LogP contribution in [-0.2, 0) is 9.84 Å². The fourth-order valence-corrected chi connectivity index (χ4v) is 3.71. The maximum atomic E-state index is 12.4. The fourth-order valence-electron chi connectivity index (χ4n) is 1.62. The molecule has 0 aliphatic rings. The van der Waals surface area contributed by atoms with Gasteiger partial charge in [-0.3, -0.25) is 0 Å². The Labute approximate surface area is 120 Å². The zero-order valence-corrected chi connectivity index (χ0v) is 11.9. The monoisotopic (exact) mass is 316 g/mol. The quantitative estimate of drug-likeness (QED) is 0.834. The highest BCUT2D eigenvalue weighted by Gasteiger charge is 2.23. The third-order valence-corrected chi connectivity index (χ3v) is 5.05. The van der Waals surface area contributed by atoms with Gasteiger partial charge in [0.05, 0.1) is 20.5 Å². The summed E-state index contributed by atoms with van der Waals surface area (Å²) in [6, 6.07) is 8.36. The van der Waals surface area contributed by atoms with Crippen LogP contribution in [0.15, 0.2) is 46.2 Å². The number of nitrogens with two attached hydrogens (primary N) is 2. The molecular formula is C12H10Cl2N2O2S. The zero-order valence-electron chi connectivity index (χ0n) is 9.60. The highest BCUT2D eigenvalue weighted by molar-refractivity contribution is 7.91. The van der Waals surface area contributed by atoms with Crippen molar-refractivity contribution in [3.63, 3.8) is 0 Å². The molecule has 0 unspecified atom stereocenters. The van der Waals surface area contributed by atoms with Crippen molar-refractivity contribution in [2.75, 3.05) is 11.5 Å². The maximum absolute atomic E-state index is 12.4. The Morgan fingerprint density at radius 1 is 0.895 bits per heavy atom. The minimum Gasteiger partial charge on any atom is -0.399 e. The molecule has 100 valence electrons. The topological polar surface area (TPSA) is 86.2 Å².